The Hall–Kier alpha value is -4.01. The largest absolute Gasteiger partial charge is 0.463 e. The number of hydrogen-bond donors (Lipinski definition) is 2. The van der Waals surface area contributed by atoms with Gasteiger partial charge < -0.3 is 20.1 Å². The van der Waals surface area contributed by atoms with Gasteiger partial charge in [-0.15, -0.1) is 0 Å². The summed E-state index contributed by atoms with van der Waals surface area (Å²) in [4.78, 5) is 31.9. The second-order valence-corrected chi connectivity index (χ2v) is 8.52. The molecule has 1 aliphatic rings. The van der Waals surface area contributed by atoms with Crippen LogP contribution in [0.15, 0.2) is 54.9 Å². The number of ether oxygens (including phenoxy) is 2. The fraction of sp³-hybridized carbons (Fsp3) is 0.308. The normalized spacial score (nSPS) is 17.3. The van der Waals surface area contributed by atoms with Gasteiger partial charge in [-0.2, -0.15) is 0 Å². The Labute approximate surface area is 202 Å². The summed E-state index contributed by atoms with van der Waals surface area (Å²) in [6, 6.07) is 11.5. The van der Waals surface area contributed by atoms with E-state index >= 15 is 0 Å². The van der Waals surface area contributed by atoms with Gasteiger partial charge in [0.1, 0.15) is 18.0 Å². The molecule has 1 heterocycles. The summed E-state index contributed by atoms with van der Waals surface area (Å²) in [5, 5.41) is 5.18. The zero-order valence-corrected chi connectivity index (χ0v) is 19.6. The van der Waals surface area contributed by atoms with Crippen LogP contribution in [0.4, 0.5) is 20.6 Å². The summed E-state index contributed by atoms with van der Waals surface area (Å²) in [5.74, 6) is -0.740. The van der Waals surface area contributed by atoms with Gasteiger partial charge in [0.15, 0.2) is 0 Å². The Morgan fingerprint density at radius 3 is 2.20 bits per heavy atom. The number of aromatic nitrogens is 2. The predicted octanol–water partition coefficient (Wildman–Crippen LogP) is 5.49. The molecule has 4 rings (SSSR count). The van der Waals surface area contributed by atoms with Gasteiger partial charge in [-0.05, 0) is 68.0 Å². The number of rotatable bonds is 6. The van der Waals surface area contributed by atoms with Crippen molar-refractivity contribution in [1.82, 2.24) is 9.97 Å². The lowest BCUT2D eigenvalue weighted by Gasteiger charge is -2.27. The van der Waals surface area contributed by atoms with E-state index in [0.717, 1.165) is 42.4 Å². The number of halogens is 1. The number of amides is 2. The molecule has 0 saturated heterocycles. The monoisotopic (exact) mass is 478 g/mol. The third kappa shape index (κ3) is 6.75. The molecular formula is C26H27FN4O4. The Morgan fingerprint density at radius 2 is 1.57 bits per heavy atom. The van der Waals surface area contributed by atoms with E-state index in [2.05, 4.69) is 20.6 Å². The minimum atomic E-state index is -0.535. The number of anilines is 2. The highest BCUT2D eigenvalue weighted by molar-refractivity contribution is 5.99. The van der Waals surface area contributed by atoms with Crippen LogP contribution in [0, 0.1) is 12.7 Å². The molecule has 0 spiro atoms. The third-order valence-corrected chi connectivity index (χ3v) is 5.70. The van der Waals surface area contributed by atoms with E-state index in [-0.39, 0.29) is 23.9 Å². The van der Waals surface area contributed by atoms with Crippen LogP contribution in [-0.4, -0.2) is 34.2 Å². The molecule has 0 radical (unpaired) electrons. The molecule has 0 aliphatic heterocycles. The first kappa shape index (κ1) is 24.1. The van der Waals surface area contributed by atoms with Crippen molar-refractivity contribution in [2.45, 2.75) is 51.7 Å². The van der Waals surface area contributed by atoms with Crippen LogP contribution in [0.2, 0.25) is 0 Å². The zero-order chi connectivity index (χ0) is 24.8. The van der Waals surface area contributed by atoms with Crippen molar-refractivity contribution in [3.05, 3.63) is 66.2 Å². The average molecular weight is 479 g/mol. The van der Waals surface area contributed by atoms with Crippen LogP contribution in [-0.2, 0) is 9.53 Å². The van der Waals surface area contributed by atoms with Gasteiger partial charge in [-0.3, -0.25) is 4.79 Å². The van der Waals surface area contributed by atoms with Gasteiger partial charge in [-0.25, -0.2) is 19.2 Å². The Balaban J connectivity index is 1.29. The van der Waals surface area contributed by atoms with Gasteiger partial charge in [0.05, 0.1) is 5.69 Å². The van der Waals surface area contributed by atoms with E-state index in [0.29, 0.717) is 11.7 Å². The molecule has 1 aliphatic carbocycles. The second-order valence-electron chi connectivity index (χ2n) is 8.52. The first-order valence-corrected chi connectivity index (χ1v) is 11.5. The van der Waals surface area contributed by atoms with E-state index in [1.807, 2.05) is 12.1 Å². The molecule has 2 N–H and O–H groups in total. The zero-order valence-electron chi connectivity index (χ0n) is 19.6. The lowest BCUT2D eigenvalue weighted by molar-refractivity contribution is -0.148. The second kappa shape index (κ2) is 10.9. The van der Waals surface area contributed by atoms with Crippen molar-refractivity contribution >= 4 is 23.4 Å². The summed E-state index contributed by atoms with van der Waals surface area (Å²) in [6.07, 6.45) is 6.41. The van der Waals surface area contributed by atoms with E-state index < -0.39 is 11.8 Å². The fourth-order valence-corrected chi connectivity index (χ4v) is 3.93. The Morgan fingerprint density at radius 1 is 0.914 bits per heavy atom. The maximum Gasteiger partial charge on any atom is 0.323 e. The van der Waals surface area contributed by atoms with Crippen LogP contribution in [0.25, 0.3) is 11.1 Å². The van der Waals surface area contributed by atoms with Gasteiger partial charge in [0.25, 0.3) is 0 Å². The van der Waals surface area contributed by atoms with E-state index in [9.17, 15) is 14.0 Å². The lowest BCUT2D eigenvalue weighted by atomic mass is 9.95. The van der Waals surface area contributed by atoms with Gasteiger partial charge >= 0.3 is 18.0 Å². The van der Waals surface area contributed by atoms with Gasteiger partial charge in [-0.1, -0.05) is 18.2 Å². The van der Waals surface area contributed by atoms with Crippen LogP contribution >= 0.6 is 0 Å². The smallest absolute Gasteiger partial charge is 0.323 e. The molecule has 9 heteroatoms. The molecule has 2 amide bonds. The van der Waals surface area contributed by atoms with Crippen molar-refractivity contribution in [3.8, 4) is 17.1 Å². The number of hydrogen-bond acceptors (Lipinski definition) is 6. The molecule has 2 aromatic carbocycles. The lowest BCUT2D eigenvalue weighted by Crippen LogP contribution is -2.29. The molecule has 35 heavy (non-hydrogen) atoms. The quantitative estimate of drug-likeness (QED) is 0.454. The molecule has 0 unspecified atom stereocenters. The number of nitrogens with zero attached hydrogens (tertiary/aromatic N) is 2. The van der Waals surface area contributed by atoms with Crippen molar-refractivity contribution in [3.63, 3.8) is 0 Å². The first-order chi connectivity index (χ1) is 16.9. The highest BCUT2D eigenvalue weighted by Gasteiger charge is 2.24. The highest BCUT2D eigenvalue weighted by atomic mass is 19.1. The number of urea groups is 1. The maximum absolute atomic E-state index is 13.9. The Kier molecular flexibility index (Phi) is 7.54. The standard InChI is InChI=1S/C26H27FN4O4/c1-16-3-12-24(23(27)13-16)31-25(33)30-20-6-4-18(5-7-20)19-14-28-26(29-15-19)35-22-10-8-21(9-11-22)34-17(2)32/h3-7,12-15,21-22H,8-11H2,1-2H3,(H2,30,31,33). The van der Waals surface area contributed by atoms with Gasteiger partial charge in [0.2, 0.25) is 0 Å². The van der Waals surface area contributed by atoms with Crippen LogP contribution < -0.4 is 15.4 Å². The van der Waals surface area contributed by atoms with E-state index in [4.69, 9.17) is 9.47 Å². The number of carbonyl (C=O) groups is 2. The topological polar surface area (TPSA) is 102 Å². The molecule has 1 fully saturated rings. The summed E-state index contributed by atoms with van der Waals surface area (Å²) in [5.41, 5.74) is 3.12. The van der Waals surface area contributed by atoms with Crippen LogP contribution in [0.1, 0.15) is 38.2 Å². The Bertz CT molecular complexity index is 1180. The summed E-state index contributed by atoms with van der Waals surface area (Å²) >= 11 is 0. The number of aryl methyl sites for hydroxylation is 1. The van der Waals surface area contributed by atoms with E-state index in [1.54, 1.807) is 37.5 Å². The number of esters is 1. The van der Waals surface area contributed by atoms with Crippen LogP contribution in [0.5, 0.6) is 6.01 Å². The summed E-state index contributed by atoms with van der Waals surface area (Å²) < 4.78 is 25.1. The summed E-state index contributed by atoms with van der Waals surface area (Å²) in [6.45, 7) is 3.20. The first-order valence-electron chi connectivity index (χ1n) is 11.5. The number of nitrogens with one attached hydrogen (secondary N) is 2. The predicted molar refractivity (Wildman–Crippen MR) is 130 cm³/mol. The van der Waals surface area contributed by atoms with Gasteiger partial charge in [0, 0.05) is 30.6 Å². The molecule has 3 aromatic rings. The highest BCUT2D eigenvalue weighted by Crippen LogP contribution is 2.26. The van der Waals surface area contributed by atoms with Crippen molar-refractivity contribution in [1.29, 1.82) is 0 Å². The van der Waals surface area contributed by atoms with E-state index in [1.165, 1.54) is 19.1 Å². The molecule has 0 bridgehead atoms. The molecule has 182 valence electrons. The fourth-order valence-electron chi connectivity index (χ4n) is 3.93. The minimum Gasteiger partial charge on any atom is -0.463 e. The molecule has 1 saturated carbocycles. The van der Waals surface area contributed by atoms with Crippen LogP contribution in [0.3, 0.4) is 0 Å². The molecule has 1 aromatic heterocycles. The van der Waals surface area contributed by atoms with Crippen molar-refractivity contribution in [2.24, 2.45) is 0 Å². The summed E-state index contributed by atoms with van der Waals surface area (Å²) in [7, 11) is 0. The minimum absolute atomic E-state index is 0.00227. The number of benzene rings is 2. The number of carbonyl (C=O) groups excluding carboxylic acids is 2. The molecular weight excluding hydrogens is 451 g/mol. The SMILES string of the molecule is CC(=O)OC1CCC(Oc2ncc(-c3ccc(NC(=O)Nc4ccc(C)cc4F)cc3)cn2)CC1. The average Bonchev–Trinajstić information content (AvgIpc) is 2.83. The third-order valence-electron chi connectivity index (χ3n) is 5.70. The van der Waals surface area contributed by atoms with Crippen molar-refractivity contribution in [2.75, 3.05) is 10.6 Å². The van der Waals surface area contributed by atoms with Crippen molar-refractivity contribution < 1.29 is 23.5 Å². The maximum atomic E-state index is 13.9. The molecule has 8 nitrogen and oxygen atoms in total. The molecule has 0 atom stereocenters.